The fourth-order valence-corrected chi connectivity index (χ4v) is 4.61. The monoisotopic (exact) mass is 551 g/mol. The summed E-state index contributed by atoms with van der Waals surface area (Å²) in [6, 6.07) is 18.4. The highest BCUT2D eigenvalue weighted by Gasteiger charge is 2.22. The van der Waals surface area contributed by atoms with Crippen LogP contribution in [0.5, 0.6) is 11.5 Å². The molecular weight excluding hydrogens is 518 g/mol. The number of rotatable bonds is 9. The first-order valence-corrected chi connectivity index (χ1v) is 12.6. The van der Waals surface area contributed by atoms with E-state index < -0.39 is 5.97 Å². The van der Waals surface area contributed by atoms with E-state index in [1.165, 1.54) is 25.7 Å². The molecule has 0 spiro atoms. The number of aryl methyl sites for hydroxylation is 1. The second-order valence-corrected chi connectivity index (χ2v) is 9.10. The van der Waals surface area contributed by atoms with E-state index in [1.807, 2.05) is 48.3 Å². The van der Waals surface area contributed by atoms with E-state index in [9.17, 15) is 14.7 Å². The Morgan fingerprint density at radius 1 is 0.974 bits per heavy atom. The SMILES string of the molecule is COc1ccc(N(NC(=O)C=Cc2ccc(C(=O)O)c(OC)c2)c2c(C)cccc2N2CCCCC2)cc1.Cl. The fraction of sp³-hybridized carbons (Fsp3) is 0.267. The molecule has 3 aromatic rings. The molecule has 0 bridgehead atoms. The van der Waals surface area contributed by atoms with E-state index in [0.717, 1.165) is 54.3 Å². The van der Waals surface area contributed by atoms with Crippen LogP contribution >= 0.6 is 12.4 Å². The number of carbonyl (C=O) groups is 2. The number of anilines is 3. The van der Waals surface area contributed by atoms with Crippen molar-refractivity contribution in [2.45, 2.75) is 26.2 Å². The van der Waals surface area contributed by atoms with E-state index in [0.29, 0.717) is 5.56 Å². The van der Waals surface area contributed by atoms with E-state index in [1.54, 1.807) is 25.3 Å². The van der Waals surface area contributed by atoms with Crippen LogP contribution < -0.4 is 24.8 Å². The van der Waals surface area contributed by atoms with Crippen molar-refractivity contribution in [3.63, 3.8) is 0 Å². The molecule has 8 nitrogen and oxygen atoms in total. The molecule has 1 amide bonds. The lowest BCUT2D eigenvalue weighted by molar-refractivity contribution is -0.116. The number of methoxy groups -OCH3 is 2. The predicted molar refractivity (Wildman–Crippen MR) is 157 cm³/mol. The molecular formula is C30H34ClN3O5. The Labute approximate surface area is 235 Å². The number of amides is 1. The first kappa shape index (κ1) is 29.4. The molecule has 0 atom stereocenters. The normalized spacial score (nSPS) is 12.9. The Bertz CT molecular complexity index is 1320. The molecule has 206 valence electrons. The lowest BCUT2D eigenvalue weighted by atomic mass is 10.1. The smallest absolute Gasteiger partial charge is 0.339 e. The second-order valence-electron chi connectivity index (χ2n) is 9.10. The van der Waals surface area contributed by atoms with Crippen LogP contribution in [-0.2, 0) is 4.79 Å². The van der Waals surface area contributed by atoms with Gasteiger partial charge in [-0.15, -0.1) is 12.4 Å². The van der Waals surface area contributed by atoms with Crippen molar-refractivity contribution in [3.05, 3.63) is 83.4 Å². The zero-order valence-electron chi connectivity index (χ0n) is 22.3. The molecule has 1 aliphatic heterocycles. The van der Waals surface area contributed by atoms with Crippen molar-refractivity contribution in [3.8, 4) is 11.5 Å². The highest BCUT2D eigenvalue weighted by atomic mass is 35.5. The third kappa shape index (κ3) is 7.03. The molecule has 0 unspecified atom stereocenters. The highest BCUT2D eigenvalue weighted by molar-refractivity contribution is 5.96. The van der Waals surface area contributed by atoms with Gasteiger partial charge in [-0.3, -0.25) is 15.2 Å². The lowest BCUT2D eigenvalue weighted by Crippen LogP contribution is -2.40. The van der Waals surface area contributed by atoms with Crippen molar-refractivity contribution in [2.75, 3.05) is 37.2 Å². The first-order valence-electron chi connectivity index (χ1n) is 12.6. The zero-order chi connectivity index (χ0) is 27.1. The summed E-state index contributed by atoms with van der Waals surface area (Å²) in [6.07, 6.45) is 6.54. The van der Waals surface area contributed by atoms with Crippen LogP contribution in [0, 0.1) is 6.92 Å². The maximum absolute atomic E-state index is 13.2. The van der Waals surface area contributed by atoms with Crippen LogP contribution in [0.25, 0.3) is 6.08 Å². The number of halogens is 1. The molecule has 0 saturated carbocycles. The molecule has 9 heteroatoms. The van der Waals surface area contributed by atoms with Crippen LogP contribution in [0.2, 0.25) is 0 Å². The molecule has 4 rings (SSSR count). The number of nitrogens with one attached hydrogen (secondary N) is 1. The molecule has 1 saturated heterocycles. The molecule has 1 aliphatic rings. The molecule has 0 radical (unpaired) electrons. The number of piperidine rings is 1. The summed E-state index contributed by atoms with van der Waals surface area (Å²) in [7, 11) is 3.03. The molecule has 1 heterocycles. The predicted octanol–water partition coefficient (Wildman–Crippen LogP) is 6.01. The minimum absolute atomic E-state index is 0. The van der Waals surface area contributed by atoms with Crippen LogP contribution in [0.15, 0.2) is 66.7 Å². The van der Waals surface area contributed by atoms with Gasteiger partial charge in [0.25, 0.3) is 5.91 Å². The Balaban J connectivity index is 0.00000420. The van der Waals surface area contributed by atoms with E-state index >= 15 is 0 Å². The summed E-state index contributed by atoms with van der Waals surface area (Å²) in [5.41, 5.74) is 7.55. The van der Waals surface area contributed by atoms with E-state index in [4.69, 9.17) is 9.47 Å². The third-order valence-electron chi connectivity index (χ3n) is 6.57. The van der Waals surface area contributed by atoms with Crippen molar-refractivity contribution >= 4 is 47.4 Å². The van der Waals surface area contributed by atoms with Gasteiger partial charge in [-0.1, -0.05) is 18.2 Å². The Morgan fingerprint density at radius 2 is 1.69 bits per heavy atom. The number of hydrogen-bond donors (Lipinski definition) is 2. The average Bonchev–Trinajstić information content (AvgIpc) is 2.95. The van der Waals surface area contributed by atoms with Gasteiger partial charge >= 0.3 is 5.97 Å². The summed E-state index contributed by atoms with van der Waals surface area (Å²) < 4.78 is 10.5. The quantitative estimate of drug-likeness (QED) is 0.249. The van der Waals surface area contributed by atoms with Crippen LogP contribution in [0.3, 0.4) is 0 Å². The number of ether oxygens (including phenoxy) is 2. The maximum Gasteiger partial charge on any atom is 0.339 e. The van der Waals surface area contributed by atoms with Gasteiger partial charge in [0, 0.05) is 19.2 Å². The number of carbonyl (C=O) groups excluding carboxylic acids is 1. The molecule has 0 aromatic heterocycles. The number of benzene rings is 3. The number of hydrazine groups is 1. The minimum Gasteiger partial charge on any atom is -0.497 e. The summed E-state index contributed by atoms with van der Waals surface area (Å²) in [6.45, 7) is 3.97. The fourth-order valence-electron chi connectivity index (χ4n) is 4.61. The van der Waals surface area contributed by atoms with Gasteiger partial charge in [0.1, 0.15) is 17.1 Å². The van der Waals surface area contributed by atoms with Gasteiger partial charge in [-0.2, -0.15) is 0 Å². The standard InChI is InChI=1S/C30H33N3O5.ClH/c1-21-8-7-9-26(32-18-5-4-6-19-32)29(21)33(23-12-14-24(37-2)15-13-23)31-28(34)17-11-22-10-16-25(30(35)36)27(20-22)38-3;/h7-17,20H,4-6,18-19H2,1-3H3,(H,31,34)(H,35,36);1H. The zero-order valence-corrected chi connectivity index (χ0v) is 23.2. The average molecular weight is 552 g/mol. The van der Waals surface area contributed by atoms with E-state index in [2.05, 4.69) is 16.4 Å². The molecule has 39 heavy (non-hydrogen) atoms. The van der Waals surface area contributed by atoms with Gasteiger partial charge in [-0.25, -0.2) is 4.79 Å². The summed E-state index contributed by atoms with van der Waals surface area (Å²) in [4.78, 5) is 27.0. The van der Waals surface area contributed by atoms with Crippen molar-refractivity contribution in [1.29, 1.82) is 0 Å². The van der Waals surface area contributed by atoms with Crippen molar-refractivity contribution in [2.24, 2.45) is 0 Å². The summed E-state index contributed by atoms with van der Waals surface area (Å²) in [5.74, 6) is -0.464. The number of carboxylic acid groups (broad SMARTS) is 1. The topological polar surface area (TPSA) is 91.3 Å². The van der Waals surface area contributed by atoms with Crippen LogP contribution in [0.4, 0.5) is 17.1 Å². The van der Waals surface area contributed by atoms with Crippen molar-refractivity contribution < 1.29 is 24.2 Å². The van der Waals surface area contributed by atoms with Gasteiger partial charge in [0.05, 0.1) is 31.3 Å². The number of nitrogens with zero attached hydrogens (tertiary/aromatic N) is 2. The Morgan fingerprint density at radius 3 is 2.33 bits per heavy atom. The second kappa shape index (κ2) is 13.6. The molecule has 3 aromatic carbocycles. The van der Waals surface area contributed by atoms with Crippen LogP contribution in [-0.4, -0.2) is 44.3 Å². The van der Waals surface area contributed by atoms with Gasteiger partial charge < -0.3 is 19.5 Å². The summed E-state index contributed by atoms with van der Waals surface area (Å²) in [5, 5.41) is 11.1. The van der Waals surface area contributed by atoms with Crippen molar-refractivity contribution in [1.82, 2.24) is 5.43 Å². The minimum atomic E-state index is -1.08. The number of para-hydroxylation sites is 1. The number of aromatic carboxylic acids is 1. The van der Waals surface area contributed by atoms with Gasteiger partial charge in [-0.05, 0) is 85.9 Å². The van der Waals surface area contributed by atoms with E-state index in [-0.39, 0.29) is 29.6 Å². The molecule has 1 fully saturated rings. The highest BCUT2D eigenvalue weighted by Crippen LogP contribution is 2.38. The maximum atomic E-state index is 13.2. The Hall–Kier alpha value is -4.17. The number of hydrogen-bond acceptors (Lipinski definition) is 6. The lowest BCUT2D eigenvalue weighted by Gasteiger charge is -2.35. The first-order chi connectivity index (χ1) is 18.4. The third-order valence-corrected chi connectivity index (χ3v) is 6.57. The summed E-state index contributed by atoms with van der Waals surface area (Å²) >= 11 is 0. The molecule has 0 aliphatic carbocycles. The van der Waals surface area contributed by atoms with Gasteiger partial charge in [0.2, 0.25) is 0 Å². The van der Waals surface area contributed by atoms with Gasteiger partial charge in [0.15, 0.2) is 0 Å². The number of carboxylic acids is 1. The Kier molecular flexibility index (Phi) is 10.2. The largest absolute Gasteiger partial charge is 0.497 e. The molecule has 2 N–H and O–H groups in total. The van der Waals surface area contributed by atoms with Crippen LogP contribution in [0.1, 0.15) is 40.7 Å².